The summed E-state index contributed by atoms with van der Waals surface area (Å²) in [6.45, 7) is 3.62. The number of amides is 1. The van der Waals surface area contributed by atoms with Gasteiger partial charge in [0.25, 0.3) is 5.91 Å². The van der Waals surface area contributed by atoms with Gasteiger partial charge in [0.15, 0.2) is 0 Å². The minimum Gasteiger partial charge on any atom is -0.397 e. The van der Waals surface area contributed by atoms with Crippen molar-refractivity contribution in [1.82, 2.24) is 4.90 Å². The number of halogens is 3. The first kappa shape index (κ1) is 19.1. The van der Waals surface area contributed by atoms with Gasteiger partial charge >= 0.3 is 0 Å². The molecule has 3 N–H and O–H groups in total. The lowest BCUT2D eigenvalue weighted by Crippen LogP contribution is -2.44. The molecule has 0 spiro atoms. The molecule has 1 saturated heterocycles. The second kappa shape index (κ2) is 7.92. The number of hydrogen-bond donors (Lipinski definition) is 2. The second-order valence-electron chi connectivity index (χ2n) is 6.26. The Morgan fingerprint density at radius 1 is 1.04 bits per heavy atom. The maximum absolute atomic E-state index is 12.6. The third-order valence-corrected chi connectivity index (χ3v) is 5.24. The van der Waals surface area contributed by atoms with Crippen LogP contribution in [0, 0.1) is 0 Å². The van der Waals surface area contributed by atoms with Crippen molar-refractivity contribution in [2.75, 3.05) is 49.2 Å². The first-order valence-electron chi connectivity index (χ1n) is 8.14. The Labute approximate surface area is 167 Å². The van der Waals surface area contributed by atoms with Gasteiger partial charge in [-0.05, 0) is 37.4 Å². The molecule has 0 atom stereocenters. The average Bonchev–Trinajstić information content (AvgIpc) is 2.58. The van der Waals surface area contributed by atoms with E-state index in [1.807, 2.05) is 6.07 Å². The van der Waals surface area contributed by atoms with Crippen LogP contribution in [-0.4, -0.2) is 44.0 Å². The van der Waals surface area contributed by atoms with Gasteiger partial charge in [0.1, 0.15) is 0 Å². The molecule has 0 bridgehead atoms. The first-order chi connectivity index (χ1) is 12.3. The largest absolute Gasteiger partial charge is 0.397 e. The summed E-state index contributed by atoms with van der Waals surface area (Å²) in [6, 6.07) is 8.19. The molecule has 0 aromatic heterocycles. The maximum Gasteiger partial charge on any atom is 0.257 e. The minimum absolute atomic E-state index is 0.279. The van der Waals surface area contributed by atoms with Gasteiger partial charge in [0.05, 0.1) is 32.7 Å². The monoisotopic (exact) mass is 412 g/mol. The SMILES string of the molecule is CN1CCN(c2cc(NC(=O)c3ccc(Cl)cc3Cl)c(Cl)cc2N)CC1. The number of benzene rings is 2. The number of carbonyl (C=O) groups is 1. The number of nitrogen functional groups attached to an aromatic ring is 1. The molecule has 0 radical (unpaired) electrons. The topological polar surface area (TPSA) is 61.6 Å². The van der Waals surface area contributed by atoms with Crippen LogP contribution < -0.4 is 16.0 Å². The Morgan fingerprint density at radius 3 is 2.38 bits per heavy atom. The van der Waals surface area contributed by atoms with Crippen LogP contribution in [0.3, 0.4) is 0 Å². The van der Waals surface area contributed by atoms with Crippen LogP contribution in [0.2, 0.25) is 15.1 Å². The zero-order chi connectivity index (χ0) is 18.8. The zero-order valence-corrected chi connectivity index (χ0v) is 16.5. The van der Waals surface area contributed by atoms with E-state index in [-0.39, 0.29) is 10.9 Å². The molecule has 1 fully saturated rings. The average molecular weight is 414 g/mol. The summed E-state index contributed by atoms with van der Waals surface area (Å²) in [6.07, 6.45) is 0. The number of anilines is 3. The van der Waals surface area contributed by atoms with Crippen molar-refractivity contribution in [3.63, 3.8) is 0 Å². The molecule has 1 heterocycles. The van der Waals surface area contributed by atoms with Crippen molar-refractivity contribution < 1.29 is 4.79 Å². The van der Waals surface area contributed by atoms with Gasteiger partial charge in [-0.1, -0.05) is 34.8 Å². The number of hydrogen-bond acceptors (Lipinski definition) is 4. The second-order valence-corrected chi connectivity index (χ2v) is 7.51. The van der Waals surface area contributed by atoms with E-state index in [1.165, 1.54) is 6.07 Å². The van der Waals surface area contributed by atoms with Gasteiger partial charge in [-0.3, -0.25) is 4.79 Å². The molecule has 1 aliphatic heterocycles. The van der Waals surface area contributed by atoms with E-state index in [1.54, 1.807) is 18.2 Å². The van der Waals surface area contributed by atoms with Crippen molar-refractivity contribution in [3.8, 4) is 0 Å². The van der Waals surface area contributed by atoms with E-state index >= 15 is 0 Å². The van der Waals surface area contributed by atoms with Crippen LogP contribution in [-0.2, 0) is 0 Å². The van der Waals surface area contributed by atoms with Gasteiger partial charge in [-0.2, -0.15) is 0 Å². The van der Waals surface area contributed by atoms with E-state index in [2.05, 4.69) is 22.2 Å². The Bertz CT molecular complexity index is 835. The lowest BCUT2D eigenvalue weighted by atomic mass is 10.1. The summed E-state index contributed by atoms with van der Waals surface area (Å²) >= 11 is 18.3. The zero-order valence-electron chi connectivity index (χ0n) is 14.2. The fourth-order valence-electron chi connectivity index (χ4n) is 2.86. The molecule has 2 aromatic rings. The molecule has 1 amide bonds. The normalized spacial score (nSPS) is 15.2. The fraction of sp³-hybridized carbons (Fsp3) is 0.278. The summed E-state index contributed by atoms with van der Waals surface area (Å²) < 4.78 is 0. The van der Waals surface area contributed by atoms with E-state index in [4.69, 9.17) is 40.5 Å². The molecule has 0 aliphatic carbocycles. The van der Waals surface area contributed by atoms with Crippen LogP contribution in [0.25, 0.3) is 0 Å². The molecular formula is C18H19Cl3N4O. The van der Waals surface area contributed by atoms with Crippen LogP contribution in [0.1, 0.15) is 10.4 Å². The number of nitrogens with two attached hydrogens (primary N) is 1. The molecule has 1 aliphatic rings. The van der Waals surface area contributed by atoms with Crippen molar-refractivity contribution in [3.05, 3.63) is 51.0 Å². The first-order valence-corrected chi connectivity index (χ1v) is 9.27. The number of piperazine rings is 1. The molecule has 26 heavy (non-hydrogen) atoms. The number of nitrogens with zero attached hydrogens (tertiary/aromatic N) is 2. The molecule has 2 aromatic carbocycles. The number of nitrogens with one attached hydrogen (secondary N) is 1. The highest BCUT2D eigenvalue weighted by atomic mass is 35.5. The standard InChI is InChI=1S/C18H19Cl3N4O/c1-24-4-6-25(7-5-24)17-10-16(14(21)9-15(17)22)23-18(26)12-3-2-11(19)8-13(12)20/h2-3,8-10H,4-7,22H2,1H3,(H,23,26). The van der Waals surface area contributed by atoms with Crippen LogP contribution in [0.5, 0.6) is 0 Å². The van der Waals surface area contributed by atoms with Gasteiger partial charge in [-0.15, -0.1) is 0 Å². The summed E-state index contributed by atoms with van der Waals surface area (Å²) in [4.78, 5) is 17.0. The van der Waals surface area contributed by atoms with Crippen LogP contribution in [0.4, 0.5) is 17.1 Å². The number of likely N-dealkylation sites (N-methyl/N-ethyl adjacent to an activating group) is 1. The van der Waals surface area contributed by atoms with Gasteiger partial charge in [0.2, 0.25) is 0 Å². The van der Waals surface area contributed by atoms with Crippen molar-refractivity contribution >= 4 is 57.8 Å². The smallest absolute Gasteiger partial charge is 0.257 e. The van der Waals surface area contributed by atoms with E-state index in [0.717, 1.165) is 31.9 Å². The third-order valence-electron chi connectivity index (χ3n) is 4.38. The van der Waals surface area contributed by atoms with Gasteiger partial charge < -0.3 is 20.9 Å². The Hall–Kier alpha value is -1.66. The summed E-state index contributed by atoms with van der Waals surface area (Å²) in [5.74, 6) is -0.359. The van der Waals surface area contributed by atoms with Crippen LogP contribution >= 0.6 is 34.8 Å². The van der Waals surface area contributed by atoms with E-state index < -0.39 is 0 Å². The van der Waals surface area contributed by atoms with Crippen molar-refractivity contribution in [2.45, 2.75) is 0 Å². The Morgan fingerprint density at radius 2 is 1.73 bits per heavy atom. The Kier molecular flexibility index (Phi) is 5.82. The highest BCUT2D eigenvalue weighted by molar-refractivity contribution is 6.38. The summed E-state index contributed by atoms with van der Waals surface area (Å²) in [7, 11) is 2.09. The lowest BCUT2D eigenvalue weighted by molar-refractivity contribution is 0.102. The minimum atomic E-state index is -0.359. The molecule has 138 valence electrons. The molecule has 8 heteroatoms. The molecular weight excluding hydrogens is 395 g/mol. The maximum atomic E-state index is 12.6. The Balaban J connectivity index is 1.85. The predicted octanol–water partition coefficient (Wildman–Crippen LogP) is 4.23. The number of rotatable bonds is 3. The quantitative estimate of drug-likeness (QED) is 0.739. The lowest BCUT2D eigenvalue weighted by Gasteiger charge is -2.35. The summed E-state index contributed by atoms with van der Waals surface area (Å²) in [5, 5.41) is 3.93. The molecule has 0 unspecified atom stereocenters. The fourth-order valence-corrected chi connectivity index (χ4v) is 3.57. The van der Waals surface area contributed by atoms with E-state index in [9.17, 15) is 4.79 Å². The van der Waals surface area contributed by atoms with Gasteiger partial charge in [-0.25, -0.2) is 0 Å². The highest BCUT2D eigenvalue weighted by Crippen LogP contribution is 2.34. The predicted molar refractivity (Wildman–Crippen MR) is 110 cm³/mol. The molecule has 0 saturated carbocycles. The van der Waals surface area contributed by atoms with Crippen molar-refractivity contribution in [2.24, 2.45) is 0 Å². The van der Waals surface area contributed by atoms with Crippen molar-refractivity contribution in [1.29, 1.82) is 0 Å². The van der Waals surface area contributed by atoms with Crippen LogP contribution in [0.15, 0.2) is 30.3 Å². The third kappa shape index (κ3) is 4.18. The van der Waals surface area contributed by atoms with E-state index in [0.29, 0.717) is 27.0 Å². The van der Waals surface area contributed by atoms with Gasteiger partial charge in [0, 0.05) is 31.2 Å². The highest BCUT2D eigenvalue weighted by Gasteiger charge is 2.19. The molecule has 5 nitrogen and oxygen atoms in total. The molecule has 3 rings (SSSR count). The number of carbonyl (C=O) groups excluding carboxylic acids is 1. The summed E-state index contributed by atoms with van der Waals surface area (Å²) in [5.41, 5.74) is 8.41.